The van der Waals surface area contributed by atoms with E-state index < -0.39 is 0 Å². The fraction of sp³-hybridized carbons (Fsp3) is 0.308. The maximum Gasteiger partial charge on any atom is 0.255 e. The highest BCUT2D eigenvalue weighted by atomic mass is 16.5. The number of nitrogen functional groups attached to an aromatic ring is 1. The summed E-state index contributed by atoms with van der Waals surface area (Å²) >= 11 is 0. The van der Waals surface area contributed by atoms with Gasteiger partial charge in [-0.15, -0.1) is 0 Å². The number of nitrogens with zero attached hydrogens (tertiary/aromatic N) is 2. The standard InChI is InChI=1S/C13H16N4O3/c1-8-16-12(17-20-8)5-6-15-13(18)10-7-9(14)3-4-11(10)19-2/h3-4,7H,5-6,14H2,1-2H3,(H,15,18). The Morgan fingerprint density at radius 1 is 1.50 bits per heavy atom. The second-order valence-electron chi connectivity index (χ2n) is 4.20. The van der Waals surface area contributed by atoms with Crippen LogP contribution >= 0.6 is 0 Å². The Kier molecular flexibility index (Phi) is 4.19. The molecule has 0 aliphatic heterocycles. The lowest BCUT2D eigenvalue weighted by Gasteiger charge is -2.09. The number of hydrogen-bond donors (Lipinski definition) is 2. The van der Waals surface area contributed by atoms with Crippen LogP contribution in [0, 0.1) is 6.92 Å². The van der Waals surface area contributed by atoms with Crippen molar-refractivity contribution in [1.82, 2.24) is 15.5 Å². The minimum Gasteiger partial charge on any atom is -0.496 e. The van der Waals surface area contributed by atoms with Crippen molar-refractivity contribution in [2.24, 2.45) is 0 Å². The van der Waals surface area contributed by atoms with Crippen LogP contribution in [-0.4, -0.2) is 29.7 Å². The fourth-order valence-electron chi connectivity index (χ4n) is 1.73. The molecule has 0 atom stereocenters. The van der Waals surface area contributed by atoms with Gasteiger partial charge in [0.25, 0.3) is 5.91 Å². The molecule has 2 rings (SSSR count). The van der Waals surface area contributed by atoms with Crippen LogP contribution in [0.1, 0.15) is 22.1 Å². The average molecular weight is 276 g/mol. The summed E-state index contributed by atoms with van der Waals surface area (Å²) in [6, 6.07) is 4.91. The monoisotopic (exact) mass is 276 g/mol. The Labute approximate surface area is 116 Å². The van der Waals surface area contributed by atoms with Crippen molar-refractivity contribution in [2.75, 3.05) is 19.4 Å². The molecule has 1 aromatic carbocycles. The third-order valence-corrected chi connectivity index (χ3v) is 2.67. The summed E-state index contributed by atoms with van der Waals surface area (Å²) in [7, 11) is 1.50. The number of nitrogens with one attached hydrogen (secondary N) is 1. The number of aryl methyl sites for hydroxylation is 1. The largest absolute Gasteiger partial charge is 0.496 e. The third kappa shape index (κ3) is 3.25. The van der Waals surface area contributed by atoms with Crippen molar-refractivity contribution in [2.45, 2.75) is 13.3 Å². The van der Waals surface area contributed by atoms with Gasteiger partial charge in [0.2, 0.25) is 5.89 Å². The highest BCUT2D eigenvalue weighted by Gasteiger charge is 2.12. The van der Waals surface area contributed by atoms with Gasteiger partial charge in [0, 0.05) is 25.6 Å². The number of nitrogens with two attached hydrogens (primary N) is 1. The molecule has 0 spiro atoms. The first-order valence-corrected chi connectivity index (χ1v) is 6.11. The molecule has 0 saturated carbocycles. The van der Waals surface area contributed by atoms with E-state index in [0.29, 0.717) is 41.7 Å². The molecule has 106 valence electrons. The van der Waals surface area contributed by atoms with Crippen molar-refractivity contribution in [3.05, 3.63) is 35.5 Å². The molecule has 0 aliphatic rings. The van der Waals surface area contributed by atoms with Gasteiger partial charge in [-0.3, -0.25) is 4.79 Å². The molecule has 0 unspecified atom stereocenters. The quantitative estimate of drug-likeness (QED) is 0.788. The topological polar surface area (TPSA) is 103 Å². The van der Waals surface area contributed by atoms with E-state index in [-0.39, 0.29) is 5.91 Å². The number of methoxy groups -OCH3 is 1. The zero-order chi connectivity index (χ0) is 14.5. The lowest BCUT2D eigenvalue weighted by molar-refractivity contribution is 0.0951. The second-order valence-corrected chi connectivity index (χ2v) is 4.20. The molecule has 2 aromatic rings. The van der Waals surface area contributed by atoms with E-state index >= 15 is 0 Å². The lowest BCUT2D eigenvalue weighted by atomic mass is 10.1. The van der Waals surface area contributed by atoms with Crippen molar-refractivity contribution in [3.8, 4) is 5.75 Å². The number of carbonyl (C=O) groups is 1. The molecule has 1 heterocycles. The maximum atomic E-state index is 12.1. The average Bonchev–Trinajstić information content (AvgIpc) is 2.84. The second kappa shape index (κ2) is 6.05. The molecule has 3 N–H and O–H groups in total. The number of benzene rings is 1. The molecular formula is C13H16N4O3. The molecule has 0 radical (unpaired) electrons. The molecule has 0 bridgehead atoms. The SMILES string of the molecule is COc1ccc(N)cc1C(=O)NCCc1noc(C)n1. The molecule has 1 aromatic heterocycles. The zero-order valence-electron chi connectivity index (χ0n) is 11.3. The van der Waals surface area contributed by atoms with Crippen LogP contribution in [0.2, 0.25) is 0 Å². The van der Waals surface area contributed by atoms with Crippen LogP contribution in [0.3, 0.4) is 0 Å². The van der Waals surface area contributed by atoms with E-state index in [9.17, 15) is 4.79 Å². The smallest absolute Gasteiger partial charge is 0.255 e. The zero-order valence-corrected chi connectivity index (χ0v) is 11.3. The Balaban J connectivity index is 1.96. The van der Waals surface area contributed by atoms with Gasteiger partial charge in [0.15, 0.2) is 5.82 Å². The number of carbonyl (C=O) groups excluding carboxylic acids is 1. The van der Waals surface area contributed by atoms with Crippen molar-refractivity contribution in [3.63, 3.8) is 0 Å². The van der Waals surface area contributed by atoms with Crippen LogP contribution in [0.5, 0.6) is 5.75 Å². The van der Waals surface area contributed by atoms with Gasteiger partial charge in [-0.2, -0.15) is 4.98 Å². The van der Waals surface area contributed by atoms with E-state index in [1.165, 1.54) is 7.11 Å². The first kappa shape index (κ1) is 13.9. The van der Waals surface area contributed by atoms with Crippen LogP contribution in [0.15, 0.2) is 22.7 Å². The summed E-state index contributed by atoms with van der Waals surface area (Å²) in [5.74, 6) is 1.28. The summed E-state index contributed by atoms with van der Waals surface area (Å²) in [4.78, 5) is 16.1. The molecule has 0 aliphatic carbocycles. The van der Waals surface area contributed by atoms with Gasteiger partial charge in [-0.05, 0) is 18.2 Å². The molecule has 7 heteroatoms. The first-order valence-electron chi connectivity index (χ1n) is 6.11. The highest BCUT2D eigenvalue weighted by molar-refractivity contribution is 5.97. The predicted octanol–water partition coefficient (Wildman–Crippen LogP) is 0.941. The normalized spacial score (nSPS) is 10.3. The number of hydrogen-bond acceptors (Lipinski definition) is 6. The highest BCUT2D eigenvalue weighted by Crippen LogP contribution is 2.20. The van der Waals surface area contributed by atoms with E-state index in [2.05, 4.69) is 15.5 Å². The maximum absolute atomic E-state index is 12.1. The van der Waals surface area contributed by atoms with Crippen LogP contribution < -0.4 is 15.8 Å². The van der Waals surface area contributed by atoms with Crippen molar-refractivity contribution in [1.29, 1.82) is 0 Å². The summed E-state index contributed by atoms with van der Waals surface area (Å²) in [6.45, 7) is 2.11. The summed E-state index contributed by atoms with van der Waals surface area (Å²) in [5, 5.41) is 6.51. The Morgan fingerprint density at radius 3 is 2.95 bits per heavy atom. The number of rotatable bonds is 5. The number of aromatic nitrogens is 2. The van der Waals surface area contributed by atoms with Crippen LogP contribution in [0.25, 0.3) is 0 Å². The summed E-state index contributed by atoms with van der Waals surface area (Å²) in [6.07, 6.45) is 0.494. The van der Waals surface area contributed by atoms with E-state index in [1.807, 2.05) is 0 Å². The molecule has 1 amide bonds. The third-order valence-electron chi connectivity index (χ3n) is 2.67. The lowest BCUT2D eigenvalue weighted by Crippen LogP contribution is -2.26. The Morgan fingerprint density at radius 2 is 2.30 bits per heavy atom. The Hall–Kier alpha value is -2.57. The van der Waals surface area contributed by atoms with E-state index in [1.54, 1.807) is 25.1 Å². The van der Waals surface area contributed by atoms with Gasteiger partial charge >= 0.3 is 0 Å². The van der Waals surface area contributed by atoms with Crippen molar-refractivity contribution >= 4 is 11.6 Å². The van der Waals surface area contributed by atoms with Gasteiger partial charge in [0.05, 0.1) is 12.7 Å². The van der Waals surface area contributed by atoms with Crippen molar-refractivity contribution < 1.29 is 14.1 Å². The molecule has 0 saturated heterocycles. The summed E-state index contributed by atoms with van der Waals surface area (Å²) < 4.78 is 9.98. The number of anilines is 1. The van der Waals surface area contributed by atoms with Crippen LogP contribution in [0.4, 0.5) is 5.69 Å². The van der Waals surface area contributed by atoms with Crippen LogP contribution in [-0.2, 0) is 6.42 Å². The minimum absolute atomic E-state index is 0.255. The van der Waals surface area contributed by atoms with Gasteiger partial charge in [-0.1, -0.05) is 5.16 Å². The minimum atomic E-state index is -0.255. The number of amides is 1. The molecular weight excluding hydrogens is 260 g/mol. The molecule has 20 heavy (non-hydrogen) atoms. The van der Waals surface area contributed by atoms with Gasteiger partial charge in [0.1, 0.15) is 5.75 Å². The predicted molar refractivity (Wildman–Crippen MR) is 72.5 cm³/mol. The first-order chi connectivity index (χ1) is 9.60. The molecule has 7 nitrogen and oxygen atoms in total. The van der Waals surface area contributed by atoms with Gasteiger partial charge in [-0.25, -0.2) is 0 Å². The summed E-state index contributed by atoms with van der Waals surface area (Å²) in [5.41, 5.74) is 6.58. The fourth-order valence-corrected chi connectivity index (χ4v) is 1.73. The Bertz CT molecular complexity index is 609. The van der Waals surface area contributed by atoms with E-state index in [4.69, 9.17) is 15.0 Å². The van der Waals surface area contributed by atoms with Gasteiger partial charge < -0.3 is 20.3 Å². The molecule has 0 fully saturated rings. The van der Waals surface area contributed by atoms with E-state index in [0.717, 1.165) is 0 Å². The number of ether oxygens (including phenoxy) is 1.